The normalized spacial score (nSPS) is 10.6. The Labute approximate surface area is 88.6 Å². The number of nitrogens with zero attached hydrogens (tertiary/aromatic N) is 1. The molecule has 0 N–H and O–H groups in total. The smallest absolute Gasteiger partial charge is 0.216 e. The number of hydrogen-bond donors (Lipinski definition) is 0. The third-order valence-electron chi connectivity index (χ3n) is 2.37. The lowest BCUT2D eigenvalue weighted by molar-refractivity contribution is 0.573. The fraction of sp³-hybridized carbons (Fsp3) is 0.0769. The molecule has 75 valence electrons. The predicted molar refractivity (Wildman–Crippen MR) is 57.8 cm³/mol. The molecular formula is C13H11FN. The lowest BCUT2D eigenvalue weighted by Gasteiger charge is -2.11. The molecule has 1 aromatic heterocycles. The lowest BCUT2D eigenvalue weighted by atomic mass is 9.94. The van der Waals surface area contributed by atoms with E-state index < -0.39 is 5.95 Å². The van der Waals surface area contributed by atoms with Crippen molar-refractivity contribution in [1.29, 1.82) is 0 Å². The Balaban J connectivity index is 2.37. The van der Waals surface area contributed by atoms with Crippen molar-refractivity contribution >= 4 is 0 Å². The van der Waals surface area contributed by atoms with Gasteiger partial charge in [-0.1, -0.05) is 43.3 Å². The van der Waals surface area contributed by atoms with Crippen LogP contribution in [0.4, 0.5) is 4.39 Å². The minimum Gasteiger partial charge on any atom is -0.228 e. The van der Waals surface area contributed by atoms with Crippen LogP contribution < -0.4 is 0 Å². The van der Waals surface area contributed by atoms with Crippen LogP contribution in [0, 0.1) is 11.9 Å². The molecule has 0 bridgehead atoms. The van der Waals surface area contributed by atoms with Crippen LogP contribution in [0.1, 0.15) is 18.1 Å². The zero-order valence-corrected chi connectivity index (χ0v) is 8.44. The molecule has 1 aromatic carbocycles. The van der Waals surface area contributed by atoms with Crippen LogP contribution in [-0.4, -0.2) is 4.98 Å². The lowest BCUT2D eigenvalue weighted by Crippen LogP contribution is -2.01. The molecule has 2 heteroatoms. The molecule has 0 aliphatic rings. The van der Waals surface area contributed by atoms with E-state index in [1.165, 1.54) is 6.20 Å². The maximum atomic E-state index is 13.4. The van der Waals surface area contributed by atoms with Crippen LogP contribution in [0.25, 0.3) is 0 Å². The molecule has 2 rings (SSSR count). The first-order chi connectivity index (χ1) is 7.29. The van der Waals surface area contributed by atoms with Crippen molar-refractivity contribution in [3.05, 3.63) is 71.7 Å². The van der Waals surface area contributed by atoms with Gasteiger partial charge in [-0.15, -0.1) is 0 Å². The molecule has 0 amide bonds. The van der Waals surface area contributed by atoms with Gasteiger partial charge in [-0.3, -0.25) is 0 Å². The number of pyridine rings is 1. The standard InChI is InChI=1S/C13H11FN/c1-10(11-6-3-2-4-7-11)12-8-5-9-15-13(12)14/h2-9H,1H3. The number of benzene rings is 1. The predicted octanol–water partition coefficient (Wildman–Crippen LogP) is 3.21. The van der Waals surface area contributed by atoms with Gasteiger partial charge < -0.3 is 0 Å². The van der Waals surface area contributed by atoms with E-state index in [1.807, 2.05) is 37.3 Å². The monoisotopic (exact) mass is 200 g/mol. The molecule has 0 spiro atoms. The minimum absolute atomic E-state index is 0.418. The van der Waals surface area contributed by atoms with Gasteiger partial charge in [-0.2, -0.15) is 4.39 Å². The molecule has 0 aliphatic carbocycles. The highest BCUT2D eigenvalue weighted by atomic mass is 19.1. The van der Waals surface area contributed by atoms with E-state index >= 15 is 0 Å². The van der Waals surface area contributed by atoms with Crippen LogP contribution >= 0.6 is 0 Å². The van der Waals surface area contributed by atoms with Crippen LogP contribution in [-0.2, 0) is 0 Å². The first-order valence-electron chi connectivity index (χ1n) is 4.79. The molecule has 0 atom stereocenters. The van der Waals surface area contributed by atoms with Crippen molar-refractivity contribution in [1.82, 2.24) is 4.98 Å². The van der Waals surface area contributed by atoms with E-state index in [0.29, 0.717) is 5.56 Å². The molecule has 2 aromatic rings. The van der Waals surface area contributed by atoms with Crippen molar-refractivity contribution in [2.45, 2.75) is 6.92 Å². The van der Waals surface area contributed by atoms with Crippen LogP contribution in [0.3, 0.4) is 0 Å². The first kappa shape index (κ1) is 9.84. The van der Waals surface area contributed by atoms with E-state index in [9.17, 15) is 4.39 Å². The van der Waals surface area contributed by atoms with Crippen molar-refractivity contribution < 1.29 is 4.39 Å². The van der Waals surface area contributed by atoms with Crippen molar-refractivity contribution in [2.75, 3.05) is 0 Å². The number of hydrogen-bond acceptors (Lipinski definition) is 1. The number of rotatable bonds is 2. The van der Waals surface area contributed by atoms with Gasteiger partial charge in [0.15, 0.2) is 0 Å². The average Bonchev–Trinajstić information content (AvgIpc) is 2.30. The quantitative estimate of drug-likeness (QED) is 0.678. The summed E-state index contributed by atoms with van der Waals surface area (Å²) in [5.74, 6) is 0.486. The Bertz CT molecular complexity index is 439. The fourth-order valence-electron chi connectivity index (χ4n) is 1.51. The van der Waals surface area contributed by atoms with Crippen molar-refractivity contribution in [2.24, 2.45) is 0 Å². The van der Waals surface area contributed by atoms with E-state index in [4.69, 9.17) is 0 Å². The summed E-state index contributed by atoms with van der Waals surface area (Å²) >= 11 is 0. The Morgan fingerprint density at radius 2 is 1.80 bits per heavy atom. The summed E-state index contributed by atoms with van der Waals surface area (Å²) in [4.78, 5) is 3.64. The Morgan fingerprint density at radius 3 is 2.47 bits per heavy atom. The summed E-state index contributed by atoms with van der Waals surface area (Å²) in [6.45, 7) is 1.90. The van der Waals surface area contributed by atoms with Gasteiger partial charge in [0.1, 0.15) is 0 Å². The zero-order valence-electron chi connectivity index (χ0n) is 8.44. The maximum Gasteiger partial charge on any atom is 0.216 e. The number of aromatic nitrogens is 1. The molecular weight excluding hydrogens is 189 g/mol. The number of halogens is 1. The summed E-state index contributed by atoms with van der Waals surface area (Å²) in [5, 5.41) is 0. The van der Waals surface area contributed by atoms with Gasteiger partial charge >= 0.3 is 0 Å². The van der Waals surface area contributed by atoms with Gasteiger partial charge in [0.05, 0.1) is 0 Å². The van der Waals surface area contributed by atoms with Crippen molar-refractivity contribution in [3.8, 4) is 0 Å². The van der Waals surface area contributed by atoms with Crippen LogP contribution in [0.5, 0.6) is 0 Å². The molecule has 0 aliphatic heterocycles. The van der Waals surface area contributed by atoms with E-state index in [1.54, 1.807) is 12.1 Å². The molecule has 15 heavy (non-hydrogen) atoms. The summed E-state index contributed by atoms with van der Waals surface area (Å²) in [5.41, 5.74) is 1.58. The van der Waals surface area contributed by atoms with Gasteiger partial charge in [0.25, 0.3) is 0 Å². The molecule has 0 fully saturated rings. The Kier molecular flexibility index (Phi) is 2.77. The second-order valence-corrected chi connectivity index (χ2v) is 3.33. The second-order valence-electron chi connectivity index (χ2n) is 3.33. The minimum atomic E-state index is -0.418. The van der Waals surface area contributed by atoms with E-state index in [2.05, 4.69) is 4.98 Å². The molecule has 1 nitrogen and oxygen atoms in total. The third kappa shape index (κ3) is 2.04. The summed E-state index contributed by atoms with van der Waals surface area (Å²) in [6.07, 6.45) is 1.46. The summed E-state index contributed by atoms with van der Waals surface area (Å²) in [7, 11) is 0. The average molecular weight is 200 g/mol. The second kappa shape index (κ2) is 4.22. The zero-order chi connectivity index (χ0) is 10.7. The topological polar surface area (TPSA) is 12.9 Å². The molecule has 1 heterocycles. The molecule has 0 saturated carbocycles. The SMILES string of the molecule is C[C](c1ccccc1)c1cccnc1F. The van der Waals surface area contributed by atoms with Crippen molar-refractivity contribution in [3.63, 3.8) is 0 Å². The molecule has 0 saturated heterocycles. The highest BCUT2D eigenvalue weighted by Gasteiger charge is 2.13. The highest BCUT2D eigenvalue weighted by Crippen LogP contribution is 2.23. The molecule has 0 unspecified atom stereocenters. The van der Waals surface area contributed by atoms with Gasteiger partial charge in [0.2, 0.25) is 5.95 Å². The van der Waals surface area contributed by atoms with Gasteiger partial charge in [-0.25, -0.2) is 4.98 Å². The Hall–Kier alpha value is -1.70. The van der Waals surface area contributed by atoms with Gasteiger partial charge in [-0.05, 0) is 11.6 Å². The summed E-state index contributed by atoms with van der Waals surface area (Å²) in [6, 6.07) is 13.2. The Morgan fingerprint density at radius 1 is 1.07 bits per heavy atom. The third-order valence-corrected chi connectivity index (χ3v) is 2.37. The maximum absolute atomic E-state index is 13.4. The van der Waals surface area contributed by atoms with Gasteiger partial charge in [0, 0.05) is 17.7 Å². The largest absolute Gasteiger partial charge is 0.228 e. The van der Waals surface area contributed by atoms with Crippen LogP contribution in [0.15, 0.2) is 48.7 Å². The highest BCUT2D eigenvalue weighted by molar-refractivity contribution is 5.43. The van der Waals surface area contributed by atoms with E-state index in [0.717, 1.165) is 11.5 Å². The first-order valence-corrected chi connectivity index (χ1v) is 4.79. The summed E-state index contributed by atoms with van der Waals surface area (Å²) < 4.78 is 13.4. The fourth-order valence-corrected chi connectivity index (χ4v) is 1.51. The molecule has 1 radical (unpaired) electrons. The van der Waals surface area contributed by atoms with Crippen LogP contribution in [0.2, 0.25) is 0 Å². The van der Waals surface area contributed by atoms with E-state index in [-0.39, 0.29) is 0 Å².